The highest BCUT2D eigenvalue weighted by Crippen LogP contribution is 2.34. The molecule has 130 valence electrons. The Labute approximate surface area is 151 Å². The molecular weight excluding hydrogens is 340 g/mol. The van der Waals surface area contributed by atoms with E-state index in [-0.39, 0.29) is 25.0 Å². The van der Waals surface area contributed by atoms with Crippen LogP contribution in [0.5, 0.6) is 5.75 Å². The molecule has 0 saturated carbocycles. The van der Waals surface area contributed by atoms with E-state index < -0.39 is 0 Å². The topological polar surface area (TPSA) is 49.9 Å². The molecule has 0 N–H and O–H groups in total. The molecule has 0 radical (unpaired) electrons. The Kier molecular flexibility index (Phi) is 4.95. The number of hydrogen-bond donors (Lipinski definition) is 0. The van der Waals surface area contributed by atoms with Gasteiger partial charge < -0.3 is 9.64 Å². The van der Waals surface area contributed by atoms with Gasteiger partial charge in [0.2, 0.25) is 5.91 Å². The minimum Gasteiger partial charge on any atom is -0.482 e. The maximum absolute atomic E-state index is 12.9. The van der Waals surface area contributed by atoms with Gasteiger partial charge in [-0.3, -0.25) is 14.5 Å². The van der Waals surface area contributed by atoms with Gasteiger partial charge in [0.1, 0.15) is 12.3 Å². The first-order valence-electron chi connectivity index (χ1n) is 8.09. The number of carbonyl (C=O) groups is 2. The minimum absolute atomic E-state index is 0.0582. The lowest BCUT2D eigenvalue weighted by Gasteiger charge is -2.31. The molecule has 0 aromatic heterocycles. The Hall–Kier alpha value is -2.53. The summed E-state index contributed by atoms with van der Waals surface area (Å²) in [5.41, 5.74) is 2.42. The van der Waals surface area contributed by atoms with Crippen LogP contribution in [0.15, 0.2) is 42.5 Å². The number of benzene rings is 2. The van der Waals surface area contributed by atoms with Crippen molar-refractivity contribution >= 4 is 34.8 Å². The van der Waals surface area contributed by atoms with Crippen molar-refractivity contribution in [2.45, 2.75) is 13.8 Å². The zero-order valence-corrected chi connectivity index (χ0v) is 14.9. The number of ether oxygens (including phenoxy) is 1. The fourth-order valence-corrected chi connectivity index (χ4v) is 3.03. The third-order valence-corrected chi connectivity index (χ3v) is 4.32. The number of fused-ring (bicyclic) bond motifs is 1. The number of carbonyl (C=O) groups excluding carboxylic acids is 2. The van der Waals surface area contributed by atoms with Crippen molar-refractivity contribution in [3.8, 4) is 5.75 Å². The largest absolute Gasteiger partial charge is 0.482 e. The van der Waals surface area contributed by atoms with Crippen LogP contribution >= 0.6 is 11.6 Å². The van der Waals surface area contributed by atoms with Gasteiger partial charge in [-0.05, 0) is 49.7 Å². The molecule has 2 aromatic carbocycles. The monoisotopic (exact) mass is 358 g/mol. The van der Waals surface area contributed by atoms with Crippen LogP contribution in [0.1, 0.15) is 12.5 Å². The quantitative estimate of drug-likeness (QED) is 0.841. The van der Waals surface area contributed by atoms with Crippen LogP contribution in [0.3, 0.4) is 0 Å². The van der Waals surface area contributed by atoms with Gasteiger partial charge >= 0.3 is 0 Å². The highest BCUT2D eigenvalue weighted by molar-refractivity contribution is 6.31. The molecule has 0 fully saturated rings. The summed E-state index contributed by atoms with van der Waals surface area (Å²) in [5, 5.41) is 0.487. The molecule has 1 aliphatic heterocycles. The maximum atomic E-state index is 12.9. The predicted molar refractivity (Wildman–Crippen MR) is 98.5 cm³/mol. The van der Waals surface area contributed by atoms with Crippen LogP contribution in [0.25, 0.3) is 0 Å². The Morgan fingerprint density at radius 3 is 2.80 bits per heavy atom. The lowest BCUT2D eigenvalue weighted by Crippen LogP contribution is -2.46. The summed E-state index contributed by atoms with van der Waals surface area (Å²) in [5.74, 6) is 0.132. The number of halogens is 1. The van der Waals surface area contributed by atoms with Crippen LogP contribution in [0, 0.1) is 6.92 Å². The van der Waals surface area contributed by atoms with E-state index in [1.54, 1.807) is 23.1 Å². The smallest absolute Gasteiger partial charge is 0.265 e. The number of aryl methyl sites for hydroxylation is 1. The number of likely N-dealkylation sites (N-methyl/N-ethyl adjacent to an activating group) is 1. The second kappa shape index (κ2) is 7.15. The van der Waals surface area contributed by atoms with Gasteiger partial charge in [-0.15, -0.1) is 0 Å². The van der Waals surface area contributed by atoms with Gasteiger partial charge in [-0.25, -0.2) is 0 Å². The second-order valence-electron chi connectivity index (χ2n) is 5.86. The fraction of sp³-hybridized carbons (Fsp3) is 0.263. The Morgan fingerprint density at radius 1 is 1.28 bits per heavy atom. The van der Waals surface area contributed by atoms with E-state index >= 15 is 0 Å². The van der Waals surface area contributed by atoms with Gasteiger partial charge in [0.15, 0.2) is 6.61 Å². The number of anilines is 2. The molecular formula is C19H19ClN2O3. The molecule has 0 spiro atoms. The van der Waals surface area contributed by atoms with E-state index in [2.05, 4.69) is 0 Å². The summed E-state index contributed by atoms with van der Waals surface area (Å²) in [7, 11) is 0. The molecule has 2 aromatic rings. The molecule has 6 heteroatoms. The van der Waals surface area contributed by atoms with Crippen molar-refractivity contribution in [2.24, 2.45) is 0 Å². The Bertz CT molecular complexity index is 822. The zero-order chi connectivity index (χ0) is 18.0. The van der Waals surface area contributed by atoms with Crippen molar-refractivity contribution in [1.82, 2.24) is 0 Å². The first kappa shape index (κ1) is 17.3. The molecule has 25 heavy (non-hydrogen) atoms. The standard InChI is InChI=1S/C19H19ClN2O3/c1-3-21(15-6-4-5-13(2)9-15)18(23)11-22-16-10-14(20)7-8-17(16)25-12-19(22)24/h4-10H,3,11-12H2,1-2H3. The molecule has 2 amide bonds. The summed E-state index contributed by atoms with van der Waals surface area (Å²) in [6.07, 6.45) is 0. The molecule has 0 unspecified atom stereocenters. The summed E-state index contributed by atoms with van der Waals surface area (Å²) < 4.78 is 5.41. The average molecular weight is 359 g/mol. The Morgan fingerprint density at radius 2 is 2.08 bits per heavy atom. The normalized spacial score (nSPS) is 13.2. The molecule has 0 saturated heterocycles. The molecule has 0 bridgehead atoms. The minimum atomic E-state index is -0.261. The van der Waals surface area contributed by atoms with E-state index in [4.69, 9.17) is 16.3 Å². The Balaban J connectivity index is 1.87. The van der Waals surface area contributed by atoms with Crippen molar-refractivity contribution in [3.05, 3.63) is 53.1 Å². The van der Waals surface area contributed by atoms with Crippen LogP contribution in [-0.4, -0.2) is 31.5 Å². The number of rotatable bonds is 4. The molecule has 3 rings (SSSR count). The maximum Gasteiger partial charge on any atom is 0.265 e. The van der Waals surface area contributed by atoms with Crippen LogP contribution in [0.4, 0.5) is 11.4 Å². The zero-order valence-electron chi connectivity index (χ0n) is 14.2. The third-order valence-electron chi connectivity index (χ3n) is 4.09. The number of amides is 2. The molecule has 5 nitrogen and oxygen atoms in total. The van der Waals surface area contributed by atoms with E-state index in [0.717, 1.165) is 11.3 Å². The molecule has 0 atom stereocenters. The predicted octanol–water partition coefficient (Wildman–Crippen LogP) is 3.43. The third kappa shape index (κ3) is 3.61. The van der Waals surface area contributed by atoms with Crippen molar-refractivity contribution in [2.75, 3.05) is 29.5 Å². The van der Waals surface area contributed by atoms with Gasteiger partial charge in [-0.1, -0.05) is 23.7 Å². The number of hydrogen-bond acceptors (Lipinski definition) is 3. The summed E-state index contributed by atoms with van der Waals surface area (Å²) in [4.78, 5) is 28.2. The van der Waals surface area contributed by atoms with Gasteiger partial charge in [0.05, 0.1) is 5.69 Å². The van der Waals surface area contributed by atoms with E-state index in [1.807, 2.05) is 38.1 Å². The van der Waals surface area contributed by atoms with Gasteiger partial charge in [0.25, 0.3) is 5.91 Å². The first-order chi connectivity index (χ1) is 12.0. The van der Waals surface area contributed by atoms with Crippen LogP contribution in [0.2, 0.25) is 5.02 Å². The lowest BCUT2D eigenvalue weighted by atomic mass is 10.2. The second-order valence-corrected chi connectivity index (χ2v) is 6.29. The van der Waals surface area contributed by atoms with Crippen LogP contribution < -0.4 is 14.5 Å². The summed E-state index contributed by atoms with van der Waals surface area (Å²) in [6.45, 7) is 4.26. The van der Waals surface area contributed by atoms with Crippen molar-refractivity contribution in [3.63, 3.8) is 0 Å². The summed E-state index contributed by atoms with van der Waals surface area (Å²) in [6, 6.07) is 12.8. The molecule has 1 aliphatic rings. The van der Waals surface area contributed by atoms with E-state index in [0.29, 0.717) is 23.0 Å². The fourth-order valence-electron chi connectivity index (χ4n) is 2.87. The van der Waals surface area contributed by atoms with E-state index in [9.17, 15) is 9.59 Å². The van der Waals surface area contributed by atoms with E-state index in [1.165, 1.54) is 4.90 Å². The van der Waals surface area contributed by atoms with Crippen molar-refractivity contribution in [1.29, 1.82) is 0 Å². The molecule has 0 aliphatic carbocycles. The highest BCUT2D eigenvalue weighted by atomic mass is 35.5. The molecule has 1 heterocycles. The average Bonchev–Trinajstić information content (AvgIpc) is 2.58. The lowest BCUT2D eigenvalue weighted by molar-refractivity contribution is -0.124. The summed E-state index contributed by atoms with van der Waals surface area (Å²) >= 11 is 6.04. The van der Waals surface area contributed by atoms with Gasteiger partial charge in [-0.2, -0.15) is 0 Å². The number of nitrogens with zero attached hydrogens (tertiary/aromatic N) is 2. The SMILES string of the molecule is CCN(C(=O)CN1C(=O)COc2ccc(Cl)cc21)c1cccc(C)c1. The van der Waals surface area contributed by atoms with Gasteiger partial charge in [0, 0.05) is 17.3 Å². The van der Waals surface area contributed by atoms with Crippen molar-refractivity contribution < 1.29 is 14.3 Å². The highest BCUT2D eigenvalue weighted by Gasteiger charge is 2.29. The van der Waals surface area contributed by atoms with Crippen LogP contribution in [-0.2, 0) is 9.59 Å². The first-order valence-corrected chi connectivity index (χ1v) is 8.47.